The normalized spacial score (nSPS) is 27.8. The first-order valence-electron chi connectivity index (χ1n) is 6.65. The molecule has 2 unspecified atom stereocenters. The number of morpholine rings is 1. The van der Waals surface area contributed by atoms with Crippen LogP contribution >= 0.6 is 0 Å². The highest BCUT2D eigenvalue weighted by Gasteiger charge is 2.40. The molecule has 0 N–H and O–H groups in total. The van der Waals surface area contributed by atoms with Crippen molar-refractivity contribution in [3.8, 4) is 12.3 Å². The number of hydrogen-bond donors (Lipinski definition) is 0. The summed E-state index contributed by atoms with van der Waals surface area (Å²) >= 11 is 0. The van der Waals surface area contributed by atoms with Crippen molar-refractivity contribution in [2.24, 2.45) is 0 Å². The van der Waals surface area contributed by atoms with Crippen LogP contribution in [0.2, 0.25) is 0 Å². The first-order valence-corrected chi connectivity index (χ1v) is 6.65. The highest BCUT2D eigenvalue weighted by Crippen LogP contribution is 2.22. The Bertz CT molecular complexity index is 369. The largest absolute Gasteiger partial charge is 0.444 e. The number of fused-ring (bicyclic) bond motifs is 2. The van der Waals surface area contributed by atoms with E-state index in [2.05, 4.69) is 10.8 Å². The lowest BCUT2D eigenvalue weighted by atomic mass is 10.0. The third-order valence-corrected chi connectivity index (χ3v) is 3.35. The summed E-state index contributed by atoms with van der Waals surface area (Å²) in [6.07, 6.45) is 5.16. The summed E-state index contributed by atoms with van der Waals surface area (Å²) in [6, 6.07) is 0.354. The Kier molecular flexibility index (Phi) is 4.02. The molecule has 2 aliphatic rings. The van der Waals surface area contributed by atoms with E-state index in [9.17, 15) is 4.79 Å². The van der Waals surface area contributed by atoms with Crippen LogP contribution in [0.25, 0.3) is 0 Å². The molecule has 2 rings (SSSR count). The summed E-state index contributed by atoms with van der Waals surface area (Å²) in [5.74, 6) is 2.68. The fraction of sp³-hybridized carbons (Fsp3) is 0.786. The average molecular weight is 266 g/mol. The van der Waals surface area contributed by atoms with Crippen molar-refractivity contribution < 1.29 is 14.3 Å². The SMILES string of the molecule is C#CCN1C2COCC1CN(C(=O)OC(C)(C)C)C2. The lowest BCUT2D eigenvalue weighted by Crippen LogP contribution is -2.65. The van der Waals surface area contributed by atoms with Crippen molar-refractivity contribution in [1.29, 1.82) is 0 Å². The van der Waals surface area contributed by atoms with Crippen LogP contribution in [0.1, 0.15) is 20.8 Å². The first kappa shape index (κ1) is 14.2. The number of carbonyl (C=O) groups excluding carboxylic acids is 1. The number of rotatable bonds is 1. The molecule has 0 radical (unpaired) electrons. The van der Waals surface area contributed by atoms with E-state index in [-0.39, 0.29) is 18.2 Å². The summed E-state index contributed by atoms with van der Waals surface area (Å²) in [5.41, 5.74) is -0.460. The van der Waals surface area contributed by atoms with Crippen molar-refractivity contribution in [2.45, 2.75) is 38.5 Å². The van der Waals surface area contributed by atoms with E-state index in [0.29, 0.717) is 32.8 Å². The topological polar surface area (TPSA) is 42.0 Å². The van der Waals surface area contributed by atoms with E-state index in [0.717, 1.165) is 0 Å². The van der Waals surface area contributed by atoms with Crippen LogP contribution in [0.5, 0.6) is 0 Å². The van der Waals surface area contributed by atoms with Gasteiger partial charge in [-0.1, -0.05) is 5.92 Å². The van der Waals surface area contributed by atoms with E-state index >= 15 is 0 Å². The molecule has 0 aromatic rings. The molecule has 0 saturated carbocycles. The van der Waals surface area contributed by atoms with E-state index in [1.807, 2.05) is 20.8 Å². The minimum absolute atomic E-state index is 0.177. The Morgan fingerprint density at radius 1 is 1.37 bits per heavy atom. The van der Waals surface area contributed by atoms with Gasteiger partial charge >= 0.3 is 6.09 Å². The van der Waals surface area contributed by atoms with Crippen molar-refractivity contribution in [3.05, 3.63) is 0 Å². The summed E-state index contributed by atoms with van der Waals surface area (Å²) in [4.78, 5) is 16.1. The quantitative estimate of drug-likeness (QED) is 0.662. The average Bonchev–Trinajstić information content (AvgIpc) is 2.26. The molecule has 2 bridgehead atoms. The summed E-state index contributed by atoms with van der Waals surface area (Å²) in [7, 11) is 0. The summed E-state index contributed by atoms with van der Waals surface area (Å²) in [6.45, 7) is 8.73. The maximum atomic E-state index is 12.1. The number of carbonyl (C=O) groups is 1. The van der Waals surface area contributed by atoms with Crippen LogP contribution in [-0.2, 0) is 9.47 Å². The van der Waals surface area contributed by atoms with E-state index in [1.165, 1.54) is 0 Å². The zero-order valence-electron chi connectivity index (χ0n) is 11.9. The summed E-state index contributed by atoms with van der Waals surface area (Å²) < 4.78 is 11.0. The first-order chi connectivity index (χ1) is 8.90. The van der Waals surface area contributed by atoms with Crippen LogP contribution < -0.4 is 0 Å². The van der Waals surface area contributed by atoms with Crippen molar-refractivity contribution in [2.75, 3.05) is 32.8 Å². The minimum atomic E-state index is -0.460. The van der Waals surface area contributed by atoms with Crippen molar-refractivity contribution in [1.82, 2.24) is 9.80 Å². The van der Waals surface area contributed by atoms with Gasteiger partial charge in [-0.2, -0.15) is 0 Å². The minimum Gasteiger partial charge on any atom is -0.444 e. The Balaban J connectivity index is 2.01. The molecular weight excluding hydrogens is 244 g/mol. The van der Waals surface area contributed by atoms with Gasteiger partial charge in [-0.15, -0.1) is 6.42 Å². The van der Waals surface area contributed by atoms with E-state index in [1.54, 1.807) is 4.90 Å². The van der Waals surface area contributed by atoms with Gasteiger partial charge in [-0.05, 0) is 20.8 Å². The van der Waals surface area contributed by atoms with Crippen LogP contribution in [0, 0.1) is 12.3 Å². The van der Waals surface area contributed by atoms with Gasteiger partial charge in [0.1, 0.15) is 5.60 Å². The monoisotopic (exact) mass is 266 g/mol. The number of hydrogen-bond acceptors (Lipinski definition) is 4. The molecular formula is C14H22N2O3. The van der Waals surface area contributed by atoms with Crippen LogP contribution in [0.3, 0.4) is 0 Å². The second-order valence-electron chi connectivity index (χ2n) is 6.11. The molecule has 0 aromatic heterocycles. The molecule has 5 nitrogen and oxygen atoms in total. The Morgan fingerprint density at radius 2 is 1.95 bits per heavy atom. The van der Waals surface area contributed by atoms with Crippen molar-refractivity contribution >= 4 is 6.09 Å². The smallest absolute Gasteiger partial charge is 0.410 e. The molecule has 0 aliphatic carbocycles. The van der Waals surface area contributed by atoms with Gasteiger partial charge < -0.3 is 14.4 Å². The highest BCUT2D eigenvalue weighted by atomic mass is 16.6. The van der Waals surface area contributed by atoms with Crippen LogP contribution in [0.15, 0.2) is 0 Å². The molecule has 2 fully saturated rings. The Labute approximate surface area is 114 Å². The molecule has 2 aliphatic heterocycles. The fourth-order valence-electron chi connectivity index (χ4n) is 2.57. The van der Waals surface area contributed by atoms with E-state index in [4.69, 9.17) is 15.9 Å². The lowest BCUT2D eigenvalue weighted by molar-refractivity contribution is -0.0917. The third kappa shape index (κ3) is 3.40. The number of piperazine rings is 1. The van der Waals surface area contributed by atoms with Gasteiger partial charge in [0.25, 0.3) is 0 Å². The molecule has 19 heavy (non-hydrogen) atoms. The molecule has 0 spiro atoms. The van der Waals surface area contributed by atoms with Gasteiger partial charge in [-0.25, -0.2) is 4.79 Å². The maximum absolute atomic E-state index is 12.1. The second-order valence-corrected chi connectivity index (χ2v) is 6.11. The molecule has 5 heteroatoms. The molecule has 106 valence electrons. The standard InChI is InChI=1S/C14H22N2O3/c1-5-6-16-11-7-15(8-12(16)10-18-9-11)13(17)19-14(2,3)4/h1,11-12H,6-10H2,2-4H3. The third-order valence-electron chi connectivity index (χ3n) is 3.35. The lowest BCUT2D eigenvalue weighted by Gasteiger charge is -2.48. The zero-order valence-corrected chi connectivity index (χ0v) is 11.9. The van der Waals surface area contributed by atoms with Gasteiger partial charge in [0, 0.05) is 13.1 Å². The second kappa shape index (κ2) is 5.40. The molecule has 2 heterocycles. The number of amides is 1. The number of nitrogens with zero attached hydrogens (tertiary/aromatic N) is 2. The highest BCUT2D eigenvalue weighted by molar-refractivity contribution is 5.68. The van der Waals surface area contributed by atoms with Gasteiger partial charge in [0.05, 0.1) is 31.8 Å². The number of ether oxygens (including phenoxy) is 2. The van der Waals surface area contributed by atoms with Gasteiger partial charge in [-0.3, -0.25) is 4.90 Å². The Morgan fingerprint density at radius 3 is 2.42 bits per heavy atom. The maximum Gasteiger partial charge on any atom is 0.410 e. The summed E-state index contributed by atoms with van der Waals surface area (Å²) in [5, 5.41) is 0. The molecule has 0 aromatic carbocycles. The fourth-order valence-corrected chi connectivity index (χ4v) is 2.57. The van der Waals surface area contributed by atoms with Gasteiger partial charge in [0.2, 0.25) is 0 Å². The number of terminal acetylenes is 1. The predicted molar refractivity (Wildman–Crippen MR) is 71.7 cm³/mol. The van der Waals surface area contributed by atoms with Gasteiger partial charge in [0.15, 0.2) is 0 Å². The molecule has 1 amide bonds. The van der Waals surface area contributed by atoms with Crippen LogP contribution in [0.4, 0.5) is 4.79 Å². The molecule has 2 atom stereocenters. The predicted octanol–water partition coefficient (Wildman–Crippen LogP) is 0.940. The van der Waals surface area contributed by atoms with Crippen molar-refractivity contribution in [3.63, 3.8) is 0 Å². The molecule has 2 saturated heterocycles. The van der Waals surface area contributed by atoms with Crippen LogP contribution in [-0.4, -0.2) is 66.4 Å². The Hall–Kier alpha value is -1.25. The zero-order chi connectivity index (χ0) is 14.0. The van der Waals surface area contributed by atoms with E-state index < -0.39 is 5.60 Å².